The summed E-state index contributed by atoms with van der Waals surface area (Å²) < 4.78 is 6.90. The second-order valence-electron chi connectivity index (χ2n) is 5.36. The first kappa shape index (κ1) is 17.6. The first-order valence-electron chi connectivity index (χ1n) is 7.78. The Morgan fingerprint density at radius 1 is 1.29 bits per heavy atom. The second kappa shape index (κ2) is 8.19. The number of rotatable bonds is 6. The topological polar surface area (TPSA) is 96.5 Å². The molecule has 0 atom stereocenters. The number of amides is 1. The van der Waals surface area contributed by atoms with Crippen LogP contribution in [0, 0.1) is 13.8 Å². The fourth-order valence-electron chi connectivity index (χ4n) is 2.32. The molecule has 0 saturated heterocycles. The minimum absolute atomic E-state index is 0.230. The highest BCUT2D eigenvalue weighted by Gasteiger charge is 2.10. The molecule has 0 spiro atoms. The molecule has 2 rings (SSSR count). The third-order valence-corrected chi connectivity index (χ3v) is 3.76. The molecular formula is C16H24N6O2. The normalized spacial score (nSPS) is 11.4. The van der Waals surface area contributed by atoms with Crippen molar-refractivity contribution in [3.63, 3.8) is 0 Å². The number of carbonyl (C=O) groups is 1. The Balaban J connectivity index is 1.74. The van der Waals surface area contributed by atoms with Gasteiger partial charge >= 0.3 is 0 Å². The molecule has 1 amide bonds. The first-order chi connectivity index (χ1) is 11.5. The molecule has 2 aromatic heterocycles. The number of furan rings is 1. The second-order valence-corrected chi connectivity index (χ2v) is 5.36. The van der Waals surface area contributed by atoms with E-state index in [2.05, 4.69) is 26.0 Å². The fraction of sp³-hybridized carbons (Fsp3) is 0.438. The predicted molar refractivity (Wildman–Crippen MR) is 91.9 cm³/mol. The molecular weight excluding hydrogens is 308 g/mol. The number of aromatic nitrogens is 2. The van der Waals surface area contributed by atoms with Crippen LogP contribution in [-0.2, 0) is 13.6 Å². The lowest BCUT2D eigenvalue weighted by atomic mass is 10.2. The molecule has 0 aliphatic heterocycles. The zero-order valence-corrected chi connectivity index (χ0v) is 14.5. The van der Waals surface area contributed by atoms with E-state index in [0.717, 1.165) is 17.0 Å². The van der Waals surface area contributed by atoms with Crippen molar-refractivity contribution in [2.75, 3.05) is 20.1 Å². The highest BCUT2D eigenvalue weighted by Crippen LogP contribution is 2.10. The molecule has 8 nitrogen and oxygen atoms in total. The van der Waals surface area contributed by atoms with Crippen molar-refractivity contribution in [1.82, 2.24) is 25.7 Å². The number of aryl methyl sites for hydroxylation is 2. The van der Waals surface area contributed by atoms with E-state index < -0.39 is 0 Å². The van der Waals surface area contributed by atoms with Crippen LogP contribution < -0.4 is 16.0 Å². The van der Waals surface area contributed by atoms with E-state index in [4.69, 9.17) is 4.42 Å². The molecule has 24 heavy (non-hydrogen) atoms. The number of hydrogen-bond acceptors (Lipinski definition) is 4. The van der Waals surface area contributed by atoms with Crippen molar-refractivity contribution in [2.24, 2.45) is 12.0 Å². The van der Waals surface area contributed by atoms with Crippen molar-refractivity contribution < 1.29 is 9.21 Å². The van der Waals surface area contributed by atoms with E-state index in [1.165, 1.54) is 6.26 Å². The quantitative estimate of drug-likeness (QED) is 0.412. The Morgan fingerprint density at radius 2 is 2.04 bits per heavy atom. The van der Waals surface area contributed by atoms with Gasteiger partial charge in [0.2, 0.25) is 0 Å². The summed E-state index contributed by atoms with van der Waals surface area (Å²) in [4.78, 5) is 15.9. The van der Waals surface area contributed by atoms with Crippen LogP contribution in [0.1, 0.15) is 27.5 Å². The maximum Gasteiger partial charge on any atom is 0.287 e. The van der Waals surface area contributed by atoms with Crippen molar-refractivity contribution in [1.29, 1.82) is 0 Å². The van der Waals surface area contributed by atoms with Crippen LogP contribution in [0.4, 0.5) is 0 Å². The van der Waals surface area contributed by atoms with E-state index in [1.807, 2.05) is 25.6 Å². The molecule has 8 heteroatoms. The summed E-state index contributed by atoms with van der Waals surface area (Å²) in [7, 11) is 3.64. The van der Waals surface area contributed by atoms with E-state index in [0.29, 0.717) is 31.4 Å². The average molecular weight is 332 g/mol. The molecule has 0 bridgehead atoms. The maximum absolute atomic E-state index is 11.7. The molecule has 3 N–H and O–H groups in total. The van der Waals surface area contributed by atoms with Gasteiger partial charge in [-0.15, -0.1) is 0 Å². The van der Waals surface area contributed by atoms with Gasteiger partial charge in [0.25, 0.3) is 5.91 Å². The van der Waals surface area contributed by atoms with Crippen LogP contribution in [0.25, 0.3) is 0 Å². The maximum atomic E-state index is 11.7. The highest BCUT2D eigenvalue weighted by molar-refractivity contribution is 5.91. The van der Waals surface area contributed by atoms with Crippen LogP contribution in [0.5, 0.6) is 0 Å². The third-order valence-electron chi connectivity index (χ3n) is 3.76. The van der Waals surface area contributed by atoms with Gasteiger partial charge in [0.1, 0.15) is 0 Å². The Kier molecular flexibility index (Phi) is 6.00. The summed E-state index contributed by atoms with van der Waals surface area (Å²) in [5, 5.41) is 13.6. The van der Waals surface area contributed by atoms with Gasteiger partial charge in [-0.2, -0.15) is 5.10 Å². The first-order valence-corrected chi connectivity index (χ1v) is 7.78. The highest BCUT2D eigenvalue weighted by atomic mass is 16.3. The van der Waals surface area contributed by atoms with Crippen molar-refractivity contribution in [3.05, 3.63) is 41.1 Å². The molecule has 0 unspecified atom stereocenters. The van der Waals surface area contributed by atoms with Gasteiger partial charge in [-0.3, -0.25) is 14.5 Å². The minimum atomic E-state index is -0.230. The molecule has 0 saturated carbocycles. The predicted octanol–water partition coefficient (Wildman–Crippen LogP) is 0.725. The van der Waals surface area contributed by atoms with Gasteiger partial charge < -0.3 is 20.4 Å². The van der Waals surface area contributed by atoms with Crippen LogP contribution in [0.2, 0.25) is 0 Å². The van der Waals surface area contributed by atoms with Crippen LogP contribution in [0.3, 0.4) is 0 Å². The smallest absolute Gasteiger partial charge is 0.287 e. The van der Waals surface area contributed by atoms with Gasteiger partial charge in [0.05, 0.1) is 12.0 Å². The van der Waals surface area contributed by atoms with Crippen molar-refractivity contribution >= 4 is 11.9 Å². The summed E-state index contributed by atoms with van der Waals surface area (Å²) >= 11 is 0. The number of aliphatic imine (C=N–C) groups is 1. The molecule has 0 radical (unpaired) electrons. The zero-order chi connectivity index (χ0) is 17.5. The average Bonchev–Trinajstić information content (AvgIpc) is 3.17. The van der Waals surface area contributed by atoms with Crippen molar-refractivity contribution in [2.45, 2.75) is 20.4 Å². The lowest BCUT2D eigenvalue weighted by Gasteiger charge is -2.12. The molecule has 130 valence electrons. The molecule has 0 aliphatic rings. The Labute approximate surface area is 141 Å². The SMILES string of the molecule is CN=C(NCCNC(=O)c1ccco1)NCc1c(C)nn(C)c1C. The van der Waals surface area contributed by atoms with Crippen LogP contribution in [-0.4, -0.2) is 41.8 Å². The zero-order valence-electron chi connectivity index (χ0n) is 14.5. The largest absolute Gasteiger partial charge is 0.459 e. The summed E-state index contributed by atoms with van der Waals surface area (Å²) in [5.74, 6) is 0.747. The summed E-state index contributed by atoms with van der Waals surface area (Å²) in [6, 6.07) is 3.31. The van der Waals surface area contributed by atoms with Crippen LogP contribution >= 0.6 is 0 Å². The van der Waals surface area contributed by atoms with Gasteiger partial charge in [-0.25, -0.2) is 0 Å². The van der Waals surface area contributed by atoms with E-state index in [1.54, 1.807) is 19.2 Å². The number of carbonyl (C=O) groups excluding carboxylic acids is 1. The van der Waals surface area contributed by atoms with Gasteiger partial charge in [0, 0.05) is 45.0 Å². The molecule has 0 aliphatic carbocycles. The lowest BCUT2D eigenvalue weighted by Crippen LogP contribution is -2.41. The number of nitrogens with one attached hydrogen (secondary N) is 3. The fourth-order valence-corrected chi connectivity index (χ4v) is 2.32. The Hall–Kier alpha value is -2.77. The molecule has 2 heterocycles. The number of nitrogens with zero attached hydrogens (tertiary/aromatic N) is 3. The van der Waals surface area contributed by atoms with Gasteiger partial charge in [-0.05, 0) is 26.0 Å². The van der Waals surface area contributed by atoms with Crippen molar-refractivity contribution in [3.8, 4) is 0 Å². The Bertz CT molecular complexity index is 702. The lowest BCUT2D eigenvalue weighted by molar-refractivity contribution is 0.0926. The minimum Gasteiger partial charge on any atom is -0.459 e. The van der Waals surface area contributed by atoms with Gasteiger partial charge in [-0.1, -0.05) is 0 Å². The summed E-state index contributed by atoms with van der Waals surface area (Å²) in [5.41, 5.74) is 3.29. The number of guanidine groups is 1. The van der Waals surface area contributed by atoms with E-state index in [-0.39, 0.29) is 5.91 Å². The molecule has 2 aromatic rings. The number of hydrogen-bond donors (Lipinski definition) is 3. The van der Waals surface area contributed by atoms with E-state index in [9.17, 15) is 4.79 Å². The van der Waals surface area contributed by atoms with Gasteiger partial charge in [0.15, 0.2) is 11.7 Å². The van der Waals surface area contributed by atoms with E-state index >= 15 is 0 Å². The van der Waals surface area contributed by atoms with Crippen LogP contribution in [0.15, 0.2) is 27.8 Å². The summed E-state index contributed by atoms with van der Waals surface area (Å²) in [6.45, 7) is 5.69. The Morgan fingerprint density at radius 3 is 2.62 bits per heavy atom. The molecule has 0 fully saturated rings. The standard InChI is InChI=1S/C16H24N6O2/c1-11-13(12(2)22(4)21-11)10-20-16(17-3)19-8-7-18-15(23)14-6-5-9-24-14/h5-6,9H,7-8,10H2,1-4H3,(H,18,23)(H2,17,19,20). The third kappa shape index (κ3) is 4.37. The molecule has 0 aromatic carbocycles. The summed E-state index contributed by atoms with van der Waals surface area (Å²) in [6.07, 6.45) is 1.47. The monoisotopic (exact) mass is 332 g/mol.